The van der Waals surface area contributed by atoms with E-state index in [0.717, 1.165) is 30.3 Å². The highest BCUT2D eigenvalue weighted by molar-refractivity contribution is 5.46. The van der Waals surface area contributed by atoms with Gasteiger partial charge in [-0.2, -0.15) is 0 Å². The Morgan fingerprint density at radius 3 is 2.94 bits per heavy atom. The fraction of sp³-hybridized carbons (Fsp3) is 0.500. The van der Waals surface area contributed by atoms with E-state index in [1.807, 2.05) is 18.2 Å². The zero-order valence-electron chi connectivity index (χ0n) is 9.73. The summed E-state index contributed by atoms with van der Waals surface area (Å²) in [5.74, 6) is 2.38. The summed E-state index contributed by atoms with van der Waals surface area (Å²) in [5.41, 5.74) is 0. The maximum Gasteiger partial charge on any atom is 0.231 e. The minimum absolute atomic E-state index is 0.303. The Kier molecular flexibility index (Phi) is 3.51. The SMILES string of the molecule is CCN(C)CCOc1ccc2c(c1)OCO2. The van der Waals surface area contributed by atoms with Crippen molar-refractivity contribution in [1.29, 1.82) is 0 Å². The second-order valence-corrected chi connectivity index (χ2v) is 3.76. The van der Waals surface area contributed by atoms with Crippen LogP contribution in [0.15, 0.2) is 18.2 Å². The first kappa shape index (κ1) is 11.1. The van der Waals surface area contributed by atoms with Crippen molar-refractivity contribution < 1.29 is 14.2 Å². The van der Waals surface area contributed by atoms with Gasteiger partial charge >= 0.3 is 0 Å². The molecule has 4 nitrogen and oxygen atoms in total. The van der Waals surface area contributed by atoms with Crippen LogP contribution in [0.3, 0.4) is 0 Å². The normalized spacial score (nSPS) is 13.2. The average Bonchev–Trinajstić information content (AvgIpc) is 2.76. The van der Waals surface area contributed by atoms with E-state index < -0.39 is 0 Å². The number of benzene rings is 1. The van der Waals surface area contributed by atoms with Gasteiger partial charge in [-0.3, -0.25) is 0 Å². The Balaban J connectivity index is 1.86. The molecule has 4 heteroatoms. The van der Waals surface area contributed by atoms with E-state index in [2.05, 4.69) is 18.9 Å². The summed E-state index contributed by atoms with van der Waals surface area (Å²) in [7, 11) is 2.07. The number of rotatable bonds is 5. The van der Waals surface area contributed by atoms with Gasteiger partial charge in [0, 0.05) is 12.6 Å². The van der Waals surface area contributed by atoms with E-state index in [0.29, 0.717) is 13.4 Å². The van der Waals surface area contributed by atoms with E-state index in [4.69, 9.17) is 14.2 Å². The molecule has 1 aromatic carbocycles. The average molecular weight is 223 g/mol. The topological polar surface area (TPSA) is 30.9 Å². The summed E-state index contributed by atoms with van der Waals surface area (Å²) < 4.78 is 16.1. The lowest BCUT2D eigenvalue weighted by Gasteiger charge is -2.14. The lowest BCUT2D eigenvalue weighted by molar-refractivity contribution is 0.173. The van der Waals surface area contributed by atoms with Crippen molar-refractivity contribution in [3.8, 4) is 17.2 Å². The molecule has 1 aliphatic heterocycles. The quantitative estimate of drug-likeness (QED) is 0.761. The number of ether oxygens (including phenoxy) is 3. The third kappa shape index (κ3) is 2.58. The van der Waals surface area contributed by atoms with Gasteiger partial charge in [0.05, 0.1) is 0 Å². The molecule has 0 bridgehead atoms. The number of nitrogens with zero attached hydrogens (tertiary/aromatic N) is 1. The first-order valence-electron chi connectivity index (χ1n) is 5.50. The van der Waals surface area contributed by atoms with Crippen molar-refractivity contribution in [3.63, 3.8) is 0 Å². The molecule has 0 unspecified atom stereocenters. The van der Waals surface area contributed by atoms with Crippen molar-refractivity contribution in [2.75, 3.05) is 33.5 Å². The highest BCUT2D eigenvalue weighted by Gasteiger charge is 2.13. The molecule has 0 N–H and O–H groups in total. The zero-order valence-corrected chi connectivity index (χ0v) is 9.73. The Labute approximate surface area is 95.7 Å². The molecular formula is C12H17NO3. The van der Waals surface area contributed by atoms with Crippen LogP contribution in [0, 0.1) is 0 Å². The van der Waals surface area contributed by atoms with Crippen molar-refractivity contribution in [1.82, 2.24) is 4.90 Å². The maximum absolute atomic E-state index is 5.63. The summed E-state index contributed by atoms with van der Waals surface area (Å²) in [5, 5.41) is 0. The van der Waals surface area contributed by atoms with Crippen molar-refractivity contribution in [3.05, 3.63) is 18.2 Å². The molecule has 16 heavy (non-hydrogen) atoms. The van der Waals surface area contributed by atoms with Crippen LogP contribution in [0.25, 0.3) is 0 Å². The van der Waals surface area contributed by atoms with Crippen LogP contribution in [0.5, 0.6) is 17.2 Å². The van der Waals surface area contributed by atoms with Crippen LogP contribution in [0.1, 0.15) is 6.92 Å². The molecule has 1 heterocycles. The van der Waals surface area contributed by atoms with Crippen molar-refractivity contribution >= 4 is 0 Å². The van der Waals surface area contributed by atoms with E-state index in [1.165, 1.54) is 0 Å². The Morgan fingerprint density at radius 1 is 1.31 bits per heavy atom. The molecule has 0 saturated carbocycles. The molecule has 2 rings (SSSR count). The third-order valence-corrected chi connectivity index (χ3v) is 2.63. The van der Waals surface area contributed by atoms with Gasteiger partial charge < -0.3 is 19.1 Å². The molecule has 0 fully saturated rings. The van der Waals surface area contributed by atoms with Crippen LogP contribution in [0.4, 0.5) is 0 Å². The van der Waals surface area contributed by atoms with E-state index in [1.54, 1.807) is 0 Å². The van der Waals surface area contributed by atoms with E-state index in [9.17, 15) is 0 Å². The highest BCUT2D eigenvalue weighted by Crippen LogP contribution is 2.34. The summed E-state index contributed by atoms with van der Waals surface area (Å²) >= 11 is 0. The van der Waals surface area contributed by atoms with Crippen molar-refractivity contribution in [2.45, 2.75) is 6.92 Å². The van der Waals surface area contributed by atoms with Crippen LogP contribution in [-0.4, -0.2) is 38.4 Å². The molecule has 88 valence electrons. The molecule has 1 aliphatic rings. The third-order valence-electron chi connectivity index (χ3n) is 2.63. The van der Waals surface area contributed by atoms with Gasteiger partial charge in [0.1, 0.15) is 12.4 Å². The minimum Gasteiger partial charge on any atom is -0.492 e. The number of likely N-dealkylation sites (N-methyl/N-ethyl adjacent to an activating group) is 1. The van der Waals surface area contributed by atoms with Gasteiger partial charge in [-0.05, 0) is 25.7 Å². The van der Waals surface area contributed by atoms with Crippen LogP contribution >= 0.6 is 0 Å². The molecular weight excluding hydrogens is 206 g/mol. The molecule has 0 atom stereocenters. The Morgan fingerprint density at radius 2 is 2.12 bits per heavy atom. The number of hydrogen-bond acceptors (Lipinski definition) is 4. The monoisotopic (exact) mass is 223 g/mol. The molecule has 0 amide bonds. The van der Waals surface area contributed by atoms with Gasteiger partial charge in [-0.1, -0.05) is 6.92 Å². The smallest absolute Gasteiger partial charge is 0.231 e. The summed E-state index contributed by atoms with van der Waals surface area (Å²) in [6.07, 6.45) is 0. The Hall–Kier alpha value is -1.42. The molecule has 0 radical (unpaired) electrons. The lowest BCUT2D eigenvalue weighted by Crippen LogP contribution is -2.23. The van der Waals surface area contributed by atoms with Gasteiger partial charge in [-0.25, -0.2) is 0 Å². The first-order chi connectivity index (χ1) is 7.79. The van der Waals surface area contributed by atoms with E-state index in [-0.39, 0.29) is 0 Å². The zero-order chi connectivity index (χ0) is 11.4. The van der Waals surface area contributed by atoms with Gasteiger partial charge in [0.25, 0.3) is 0 Å². The maximum atomic E-state index is 5.63. The Bertz CT molecular complexity index is 354. The summed E-state index contributed by atoms with van der Waals surface area (Å²) in [6.45, 7) is 5.07. The molecule has 0 aliphatic carbocycles. The molecule has 0 aromatic heterocycles. The van der Waals surface area contributed by atoms with Gasteiger partial charge in [-0.15, -0.1) is 0 Å². The van der Waals surface area contributed by atoms with Crippen molar-refractivity contribution in [2.24, 2.45) is 0 Å². The standard InChI is InChI=1S/C12H17NO3/c1-3-13(2)6-7-14-10-4-5-11-12(8-10)16-9-15-11/h4-5,8H,3,6-7,9H2,1-2H3. The molecule has 1 aromatic rings. The van der Waals surface area contributed by atoms with Crippen LogP contribution in [0.2, 0.25) is 0 Å². The molecule has 0 spiro atoms. The fourth-order valence-electron chi connectivity index (χ4n) is 1.44. The predicted octanol–water partition coefficient (Wildman–Crippen LogP) is 1.75. The van der Waals surface area contributed by atoms with Crippen LogP contribution < -0.4 is 14.2 Å². The highest BCUT2D eigenvalue weighted by atomic mass is 16.7. The fourth-order valence-corrected chi connectivity index (χ4v) is 1.44. The van der Waals surface area contributed by atoms with Gasteiger partial charge in [0.15, 0.2) is 11.5 Å². The summed E-state index contributed by atoms with van der Waals surface area (Å²) in [4.78, 5) is 2.20. The minimum atomic E-state index is 0.303. The van der Waals surface area contributed by atoms with Crippen LogP contribution in [-0.2, 0) is 0 Å². The summed E-state index contributed by atoms with van der Waals surface area (Å²) in [6, 6.07) is 5.65. The second kappa shape index (κ2) is 5.07. The largest absolute Gasteiger partial charge is 0.492 e. The molecule has 0 saturated heterocycles. The lowest BCUT2D eigenvalue weighted by atomic mass is 10.3. The number of hydrogen-bond donors (Lipinski definition) is 0. The first-order valence-corrected chi connectivity index (χ1v) is 5.50. The van der Waals surface area contributed by atoms with Gasteiger partial charge in [0.2, 0.25) is 6.79 Å². The second-order valence-electron chi connectivity index (χ2n) is 3.76. The predicted molar refractivity (Wildman–Crippen MR) is 61.2 cm³/mol. The number of fused-ring (bicyclic) bond motifs is 1. The van der Waals surface area contributed by atoms with E-state index >= 15 is 0 Å².